The second kappa shape index (κ2) is 5.57. The maximum atomic E-state index is 12.9. The number of halogens is 1. The van der Waals surface area contributed by atoms with Crippen LogP contribution < -0.4 is 0 Å². The Morgan fingerprint density at radius 1 is 1.53 bits per heavy atom. The number of carbonyl (C=O) groups excluding carboxylic acids is 1. The number of aromatic hydroxyl groups is 1. The smallest absolute Gasteiger partial charge is 0.257 e. The van der Waals surface area contributed by atoms with E-state index in [9.17, 15) is 19.4 Å². The molecule has 1 aliphatic heterocycles. The summed E-state index contributed by atoms with van der Waals surface area (Å²) in [6, 6.07) is 3.38. The van der Waals surface area contributed by atoms with E-state index in [0.29, 0.717) is 13.1 Å². The molecular weight excluding hydrogens is 249 g/mol. The molecule has 1 saturated heterocycles. The number of piperidine rings is 1. The van der Waals surface area contributed by atoms with E-state index in [2.05, 4.69) is 0 Å². The summed E-state index contributed by atoms with van der Waals surface area (Å²) in [5.41, 5.74) is 0.104. The number of benzene rings is 1. The van der Waals surface area contributed by atoms with Gasteiger partial charge in [-0.05, 0) is 31.9 Å². The summed E-state index contributed by atoms with van der Waals surface area (Å²) in [7, 11) is 0. The minimum absolute atomic E-state index is 0.0558. The van der Waals surface area contributed by atoms with Gasteiger partial charge in [-0.1, -0.05) is 0 Å². The average molecular weight is 267 g/mol. The summed E-state index contributed by atoms with van der Waals surface area (Å²) in [5, 5.41) is 19.2. The highest BCUT2D eigenvalue weighted by molar-refractivity contribution is 5.96. The first-order chi connectivity index (χ1) is 8.99. The Bertz CT molecular complexity index is 476. The van der Waals surface area contributed by atoms with Crippen LogP contribution in [-0.4, -0.2) is 40.2 Å². The van der Waals surface area contributed by atoms with Gasteiger partial charge in [-0.15, -0.1) is 0 Å². The summed E-state index contributed by atoms with van der Waals surface area (Å²) in [5.74, 6) is -1.18. The lowest BCUT2D eigenvalue weighted by Crippen LogP contribution is -2.42. The van der Waals surface area contributed by atoms with E-state index in [0.717, 1.165) is 25.0 Å². The lowest BCUT2D eigenvalue weighted by Gasteiger charge is -2.34. The van der Waals surface area contributed by atoms with Crippen molar-refractivity contribution in [2.24, 2.45) is 5.92 Å². The van der Waals surface area contributed by atoms with Gasteiger partial charge < -0.3 is 15.1 Å². The molecule has 2 N–H and O–H groups in total. The Hall–Kier alpha value is -1.62. The van der Waals surface area contributed by atoms with Gasteiger partial charge in [0, 0.05) is 25.1 Å². The van der Waals surface area contributed by atoms with Crippen LogP contribution >= 0.6 is 0 Å². The first-order valence-corrected chi connectivity index (χ1v) is 6.45. The first kappa shape index (κ1) is 13.8. The van der Waals surface area contributed by atoms with Gasteiger partial charge in [-0.25, -0.2) is 4.39 Å². The van der Waals surface area contributed by atoms with Gasteiger partial charge in [0.1, 0.15) is 11.6 Å². The molecule has 0 radical (unpaired) electrons. The van der Waals surface area contributed by atoms with Crippen molar-refractivity contribution in [3.63, 3.8) is 0 Å². The van der Waals surface area contributed by atoms with Crippen LogP contribution in [0.15, 0.2) is 18.2 Å². The topological polar surface area (TPSA) is 60.8 Å². The van der Waals surface area contributed by atoms with E-state index in [1.807, 2.05) is 0 Å². The summed E-state index contributed by atoms with van der Waals surface area (Å²) < 4.78 is 12.9. The number of phenols is 1. The molecule has 2 rings (SSSR count). The predicted octanol–water partition coefficient (Wildman–Crippen LogP) is 1.76. The molecule has 0 aliphatic carbocycles. The average Bonchev–Trinajstić information content (AvgIpc) is 2.38. The number of hydrogen-bond acceptors (Lipinski definition) is 3. The Balaban J connectivity index is 2.15. The van der Waals surface area contributed by atoms with Crippen LogP contribution in [-0.2, 0) is 0 Å². The predicted molar refractivity (Wildman–Crippen MR) is 68.4 cm³/mol. The molecule has 0 spiro atoms. The van der Waals surface area contributed by atoms with E-state index < -0.39 is 11.9 Å². The Morgan fingerprint density at radius 3 is 2.89 bits per heavy atom. The zero-order valence-electron chi connectivity index (χ0n) is 10.8. The number of phenolic OH excluding ortho intramolecular Hbond substituents is 1. The van der Waals surface area contributed by atoms with Gasteiger partial charge in [0.25, 0.3) is 5.91 Å². The molecule has 1 fully saturated rings. The molecule has 2 unspecified atom stereocenters. The number of nitrogens with zero attached hydrogens (tertiary/aromatic N) is 1. The third-order valence-electron chi connectivity index (χ3n) is 3.62. The monoisotopic (exact) mass is 267 g/mol. The van der Waals surface area contributed by atoms with Crippen molar-refractivity contribution < 1.29 is 19.4 Å². The summed E-state index contributed by atoms with van der Waals surface area (Å²) in [6.07, 6.45) is 1.25. The van der Waals surface area contributed by atoms with Crippen molar-refractivity contribution in [1.82, 2.24) is 4.90 Å². The van der Waals surface area contributed by atoms with Crippen LogP contribution in [0.3, 0.4) is 0 Å². The molecule has 1 heterocycles. The number of aliphatic hydroxyl groups is 1. The van der Waals surface area contributed by atoms with E-state index in [1.54, 1.807) is 11.8 Å². The zero-order valence-corrected chi connectivity index (χ0v) is 10.8. The normalized spacial score (nSPS) is 21.2. The largest absolute Gasteiger partial charge is 0.507 e. The van der Waals surface area contributed by atoms with E-state index in [-0.39, 0.29) is 23.1 Å². The molecule has 104 valence electrons. The van der Waals surface area contributed by atoms with Crippen LogP contribution in [0.2, 0.25) is 0 Å². The maximum absolute atomic E-state index is 12.9. The van der Waals surface area contributed by atoms with Crippen molar-refractivity contribution >= 4 is 5.91 Å². The van der Waals surface area contributed by atoms with Crippen LogP contribution in [0.4, 0.5) is 4.39 Å². The quantitative estimate of drug-likeness (QED) is 0.858. The van der Waals surface area contributed by atoms with Gasteiger partial charge in [0.2, 0.25) is 0 Å². The Kier molecular flexibility index (Phi) is 4.04. The lowest BCUT2D eigenvalue weighted by atomic mass is 9.93. The number of aliphatic hydroxyl groups excluding tert-OH is 1. The number of likely N-dealkylation sites (tertiary alicyclic amines) is 1. The van der Waals surface area contributed by atoms with Crippen LogP contribution in [0, 0.1) is 11.7 Å². The zero-order chi connectivity index (χ0) is 14.0. The fourth-order valence-electron chi connectivity index (χ4n) is 2.44. The fraction of sp³-hybridized carbons (Fsp3) is 0.500. The molecule has 1 aromatic rings. The summed E-state index contributed by atoms with van der Waals surface area (Å²) in [4.78, 5) is 13.9. The highest BCUT2D eigenvalue weighted by Crippen LogP contribution is 2.24. The highest BCUT2D eigenvalue weighted by atomic mass is 19.1. The summed E-state index contributed by atoms with van der Waals surface area (Å²) >= 11 is 0. The fourth-order valence-corrected chi connectivity index (χ4v) is 2.44. The van der Waals surface area contributed by atoms with E-state index in [4.69, 9.17) is 0 Å². The van der Waals surface area contributed by atoms with Crippen molar-refractivity contribution in [2.75, 3.05) is 13.1 Å². The molecule has 5 heteroatoms. The van der Waals surface area contributed by atoms with Gasteiger partial charge >= 0.3 is 0 Å². The standard InChI is InChI=1S/C14H18FNO3/c1-9(17)10-3-2-6-16(8-10)14(19)12-5-4-11(15)7-13(12)18/h4-5,7,9-10,17-18H,2-3,6,8H2,1H3. The lowest BCUT2D eigenvalue weighted by molar-refractivity contribution is 0.0464. The van der Waals surface area contributed by atoms with Crippen molar-refractivity contribution in [2.45, 2.75) is 25.9 Å². The van der Waals surface area contributed by atoms with Crippen molar-refractivity contribution in [3.05, 3.63) is 29.6 Å². The number of hydrogen-bond donors (Lipinski definition) is 2. The van der Waals surface area contributed by atoms with Gasteiger partial charge in [-0.3, -0.25) is 4.79 Å². The number of carbonyl (C=O) groups is 1. The SMILES string of the molecule is CC(O)C1CCCN(C(=O)c2ccc(F)cc2O)C1. The third-order valence-corrected chi connectivity index (χ3v) is 3.62. The molecule has 19 heavy (non-hydrogen) atoms. The van der Waals surface area contributed by atoms with Crippen LogP contribution in [0.1, 0.15) is 30.1 Å². The first-order valence-electron chi connectivity index (χ1n) is 6.45. The molecule has 0 saturated carbocycles. The van der Waals surface area contributed by atoms with Crippen LogP contribution in [0.25, 0.3) is 0 Å². The van der Waals surface area contributed by atoms with Crippen LogP contribution in [0.5, 0.6) is 5.75 Å². The molecule has 1 amide bonds. The molecule has 0 bridgehead atoms. The van der Waals surface area contributed by atoms with Gasteiger partial charge in [0.05, 0.1) is 11.7 Å². The highest BCUT2D eigenvalue weighted by Gasteiger charge is 2.28. The minimum Gasteiger partial charge on any atom is -0.507 e. The van der Waals surface area contributed by atoms with E-state index >= 15 is 0 Å². The van der Waals surface area contributed by atoms with Crippen molar-refractivity contribution in [3.8, 4) is 5.75 Å². The van der Waals surface area contributed by atoms with Gasteiger partial charge in [-0.2, -0.15) is 0 Å². The van der Waals surface area contributed by atoms with E-state index in [1.165, 1.54) is 6.07 Å². The Labute approximate surface area is 111 Å². The molecular formula is C14H18FNO3. The number of amides is 1. The molecule has 0 aromatic heterocycles. The van der Waals surface area contributed by atoms with Crippen molar-refractivity contribution in [1.29, 1.82) is 0 Å². The molecule has 2 atom stereocenters. The third kappa shape index (κ3) is 3.04. The summed E-state index contributed by atoms with van der Waals surface area (Å²) in [6.45, 7) is 2.78. The molecule has 1 aromatic carbocycles. The minimum atomic E-state index is -0.574. The second-order valence-corrected chi connectivity index (χ2v) is 5.06. The second-order valence-electron chi connectivity index (χ2n) is 5.06. The maximum Gasteiger partial charge on any atom is 0.257 e. The molecule has 1 aliphatic rings. The molecule has 4 nitrogen and oxygen atoms in total. The number of rotatable bonds is 2. The van der Waals surface area contributed by atoms with Gasteiger partial charge in [0.15, 0.2) is 0 Å². The Morgan fingerprint density at radius 2 is 2.26 bits per heavy atom.